The van der Waals surface area contributed by atoms with Crippen molar-refractivity contribution in [3.05, 3.63) is 29.6 Å². The van der Waals surface area contributed by atoms with Gasteiger partial charge in [0.2, 0.25) is 0 Å². The lowest BCUT2D eigenvalue weighted by Gasteiger charge is -2.34. The monoisotopic (exact) mass is 247 g/mol. The lowest BCUT2D eigenvalue weighted by molar-refractivity contribution is -0.144. The Labute approximate surface area is 104 Å². The van der Waals surface area contributed by atoms with Crippen LogP contribution in [0.15, 0.2) is 18.5 Å². The van der Waals surface area contributed by atoms with Crippen molar-refractivity contribution in [2.24, 2.45) is 5.92 Å². The Hall–Kier alpha value is -1.91. The minimum absolute atomic E-state index is 0.318. The van der Waals surface area contributed by atoms with E-state index in [2.05, 4.69) is 4.98 Å². The molecule has 0 atom stereocenters. The van der Waals surface area contributed by atoms with Crippen molar-refractivity contribution in [2.75, 3.05) is 0 Å². The molecule has 0 aromatic carbocycles. The number of ether oxygens (including phenoxy) is 1. The largest absolute Gasteiger partial charge is 0.481 e. The first-order chi connectivity index (χ1) is 8.62. The minimum Gasteiger partial charge on any atom is -0.481 e. The number of esters is 1. The van der Waals surface area contributed by atoms with Gasteiger partial charge in [0.25, 0.3) is 0 Å². The van der Waals surface area contributed by atoms with E-state index in [-0.39, 0.29) is 11.9 Å². The molecule has 1 saturated carbocycles. The van der Waals surface area contributed by atoms with Gasteiger partial charge < -0.3 is 9.84 Å². The van der Waals surface area contributed by atoms with Gasteiger partial charge in [-0.25, -0.2) is 4.79 Å². The second kappa shape index (κ2) is 3.80. The van der Waals surface area contributed by atoms with E-state index in [9.17, 15) is 9.59 Å². The molecule has 1 aromatic rings. The number of hydrogen-bond acceptors (Lipinski definition) is 4. The third-order valence-corrected chi connectivity index (χ3v) is 3.96. The molecule has 1 aliphatic heterocycles. The summed E-state index contributed by atoms with van der Waals surface area (Å²) < 4.78 is 5.52. The molecule has 1 aromatic heterocycles. The molecule has 1 spiro atoms. The second-order valence-corrected chi connectivity index (χ2v) is 4.92. The van der Waals surface area contributed by atoms with Crippen LogP contribution >= 0.6 is 0 Å². The van der Waals surface area contributed by atoms with Crippen LogP contribution in [-0.2, 0) is 15.1 Å². The zero-order valence-electron chi connectivity index (χ0n) is 9.76. The number of pyridine rings is 1. The third kappa shape index (κ3) is 1.50. The smallest absolute Gasteiger partial charge is 0.339 e. The maximum atomic E-state index is 11.8. The van der Waals surface area contributed by atoms with E-state index in [1.165, 1.54) is 0 Å². The van der Waals surface area contributed by atoms with Crippen LogP contribution in [0.4, 0.5) is 0 Å². The Morgan fingerprint density at radius 3 is 2.83 bits per heavy atom. The normalized spacial score (nSPS) is 30.0. The molecule has 1 fully saturated rings. The highest BCUT2D eigenvalue weighted by Crippen LogP contribution is 2.47. The number of hydrogen-bond donors (Lipinski definition) is 1. The fourth-order valence-corrected chi connectivity index (χ4v) is 2.93. The predicted molar refractivity (Wildman–Crippen MR) is 60.9 cm³/mol. The van der Waals surface area contributed by atoms with Gasteiger partial charge in [-0.05, 0) is 31.7 Å². The molecule has 2 heterocycles. The summed E-state index contributed by atoms with van der Waals surface area (Å²) in [7, 11) is 0. The van der Waals surface area contributed by atoms with E-state index in [0.29, 0.717) is 31.2 Å². The summed E-state index contributed by atoms with van der Waals surface area (Å²) in [5.41, 5.74) is 0.754. The van der Waals surface area contributed by atoms with Crippen molar-refractivity contribution < 1.29 is 19.4 Å². The molecule has 1 N–H and O–H groups in total. The lowest BCUT2D eigenvalue weighted by atomic mass is 9.75. The van der Waals surface area contributed by atoms with Gasteiger partial charge in [0, 0.05) is 18.0 Å². The van der Waals surface area contributed by atoms with Crippen LogP contribution < -0.4 is 0 Å². The number of carboxylic acids is 1. The maximum Gasteiger partial charge on any atom is 0.339 e. The second-order valence-electron chi connectivity index (χ2n) is 4.92. The topological polar surface area (TPSA) is 76.5 Å². The van der Waals surface area contributed by atoms with E-state index in [1.54, 1.807) is 18.5 Å². The highest BCUT2D eigenvalue weighted by Gasteiger charge is 2.48. The molecule has 1 aliphatic carbocycles. The van der Waals surface area contributed by atoms with Crippen LogP contribution in [0.3, 0.4) is 0 Å². The first kappa shape index (κ1) is 11.2. The first-order valence-corrected chi connectivity index (χ1v) is 6.03. The van der Waals surface area contributed by atoms with E-state index in [1.807, 2.05) is 0 Å². The van der Waals surface area contributed by atoms with Gasteiger partial charge in [-0.1, -0.05) is 0 Å². The Kier molecular flexibility index (Phi) is 2.36. The Balaban J connectivity index is 1.91. The van der Waals surface area contributed by atoms with E-state index >= 15 is 0 Å². The zero-order chi connectivity index (χ0) is 12.8. The van der Waals surface area contributed by atoms with E-state index < -0.39 is 11.6 Å². The summed E-state index contributed by atoms with van der Waals surface area (Å²) in [6.07, 6.45) is 5.44. The summed E-state index contributed by atoms with van der Waals surface area (Å²) >= 11 is 0. The number of carbonyl (C=O) groups is 2. The van der Waals surface area contributed by atoms with Crippen LogP contribution in [0, 0.1) is 5.92 Å². The highest BCUT2D eigenvalue weighted by atomic mass is 16.6. The van der Waals surface area contributed by atoms with Gasteiger partial charge in [-0.3, -0.25) is 9.78 Å². The molecule has 0 bridgehead atoms. The summed E-state index contributed by atoms with van der Waals surface area (Å²) in [4.78, 5) is 26.8. The van der Waals surface area contributed by atoms with Crippen molar-refractivity contribution in [3.8, 4) is 0 Å². The number of nitrogens with zero attached hydrogens (tertiary/aromatic N) is 1. The third-order valence-electron chi connectivity index (χ3n) is 3.96. The van der Waals surface area contributed by atoms with Gasteiger partial charge in [-0.2, -0.15) is 0 Å². The molecule has 5 heteroatoms. The van der Waals surface area contributed by atoms with E-state index in [0.717, 1.165) is 5.56 Å². The van der Waals surface area contributed by atoms with Crippen LogP contribution in [0.2, 0.25) is 0 Å². The summed E-state index contributed by atoms with van der Waals surface area (Å²) in [6, 6.07) is 1.66. The maximum absolute atomic E-state index is 11.8. The predicted octanol–water partition coefficient (Wildman–Crippen LogP) is 1.72. The minimum atomic E-state index is -0.763. The zero-order valence-corrected chi connectivity index (χ0v) is 9.76. The van der Waals surface area contributed by atoms with Gasteiger partial charge in [0.1, 0.15) is 5.60 Å². The number of fused-ring (bicyclic) bond motifs is 2. The molecule has 0 unspecified atom stereocenters. The van der Waals surface area contributed by atoms with Crippen LogP contribution in [0.25, 0.3) is 0 Å². The average molecular weight is 247 g/mol. The lowest BCUT2D eigenvalue weighted by Crippen LogP contribution is -2.34. The number of aromatic nitrogens is 1. The van der Waals surface area contributed by atoms with Gasteiger partial charge in [0.15, 0.2) is 0 Å². The molecular formula is C13H13NO4. The summed E-state index contributed by atoms with van der Waals surface area (Å²) in [5.74, 6) is -1.41. The summed E-state index contributed by atoms with van der Waals surface area (Å²) in [5, 5.41) is 9.00. The Morgan fingerprint density at radius 1 is 1.44 bits per heavy atom. The quantitative estimate of drug-likeness (QED) is 0.764. The van der Waals surface area contributed by atoms with Crippen molar-refractivity contribution in [1.29, 1.82) is 0 Å². The van der Waals surface area contributed by atoms with Gasteiger partial charge in [-0.15, -0.1) is 0 Å². The molecule has 18 heavy (non-hydrogen) atoms. The SMILES string of the molecule is O=C1O[C@]2(CC[C@H](C(=O)O)CC2)c2cnccc21. The standard InChI is InChI=1S/C13H13NO4/c15-11(16)8-1-4-13(5-2-8)10-7-14-6-3-9(10)12(17)18-13/h3,6-8H,1-2,4-5H2,(H,15,16)/t8-,13-. The van der Waals surface area contributed by atoms with Crippen molar-refractivity contribution in [1.82, 2.24) is 4.98 Å². The highest BCUT2D eigenvalue weighted by molar-refractivity contribution is 5.94. The molecule has 3 rings (SSSR count). The van der Waals surface area contributed by atoms with Gasteiger partial charge >= 0.3 is 11.9 Å². The molecule has 0 saturated heterocycles. The van der Waals surface area contributed by atoms with Gasteiger partial charge in [0.05, 0.1) is 11.5 Å². The average Bonchev–Trinajstić information content (AvgIpc) is 2.64. The number of aliphatic carboxylic acids is 1. The van der Waals surface area contributed by atoms with E-state index in [4.69, 9.17) is 9.84 Å². The fourth-order valence-electron chi connectivity index (χ4n) is 2.93. The van der Waals surface area contributed by atoms with Crippen molar-refractivity contribution >= 4 is 11.9 Å². The first-order valence-electron chi connectivity index (χ1n) is 6.03. The summed E-state index contributed by atoms with van der Waals surface area (Å²) in [6.45, 7) is 0. The fraction of sp³-hybridized carbons (Fsp3) is 0.462. The number of rotatable bonds is 1. The number of carbonyl (C=O) groups excluding carboxylic acids is 1. The van der Waals surface area contributed by atoms with Crippen molar-refractivity contribution in [3.63, 3.8) is 0 Å². The van der Waals surface area contributed by atoms with Crippen LogP contribution in [-0.4, -0.2) is 22.0 Å². The van der Waals surface area contributed by atoms with Crippen LogP contribution in [0.5, 0.6) is 0 Å². The molecular weight excluding hydrogens is 234 g/mol. The molecule has 5 nitrogen and oxygen atoms in total. The molecule has 0 radical (unpaired) electrons. The Bertz CT molecular complexity index is 517. The molecule has 2 aliphatic rings. The molecule has 94 valence electrons. The van der Waals surface area contributed by atoms with Crippen LogP contribution in [0.1, 0.15) is 41.6 Å². The number of carboxylic acid groups (broad SMARTS) is 1. The molecule has 0 amide bonds. The van der Waals surface area contributed by atoms with Crippen molar-refractivity contribution in [2.45, 2.75) is 31.3 Å². The Morgan fingerprint density at radius 2 is 2.17 bits per heavy atom.